The van der Waals surface area contributed by atoms with Gasteiger partial charge in [-0.05, 0) is 62.5 Å². The Bertz CT molecular complexity index is 1150. The predicted molar refractivity (Wildman–Crippen MR) is 133 cm³/mol. The van der Waals surface area contributed by atoms with E-state index in [2.05, 4.69) is 33.0 Å². The average molecular weight is 533 g/mol. The first-order valence-electron chi connectivity index (χ1n) is 13.4. The highest BCUT2D eigenvalue weighted by molar-refractivity contribution is 5.85. The van der Waals surface area contributed by atoms with E-state index in [1.54, 1.807) is 0 Å². The summed E-state index contributed by atoms with van der Waals surface area (Å²) in [5, 5.41) is 22.8. The van der Waals surface area contributed by atoms with Crippen LogP contribution in [-0.4, -0.2) is 62.0 Å². The lowest BCUT2D eigenvalue weighted by Crippen LogP contribution is -2.46. The molecule has 0 spiro atoms. The van der Waals surface area contributed by atoms with E-state index >= 15 is 0 Å². The number of hydrogen-bond acceptors (Lipinski definition) is 7. The van der Waals surface area contributed by atoms with Crippen molar-refractivity contribution in [2.75, 3.05) is 18.5 Å². The summed E-state index contributed by atoms with van der Waals surface area (Å²) in [5.74, 6) is -0.688. The monoisotopic (exact) mass is 532 g/mol. The van der Waals surface area contributed by atoms with Crippen LogP contribution < -0.4 is 10.6 Å². The normalized spacial score (nSPS) is 23.1. The number of pyridine rings is 1. The van der Waals surface area contributed by atoms with Crippen LogP contribution in [0.15, 0.2) is 12.1 Å². The van der Waals surface area contributed by atoms with Crippen LogP contribution in [0, 0.1) is 11.8 Å². The maximum Gasteiger partial charge on any atom is 0.326 e. The van der Waals surface area contributed by atoms with E-state index < -0.39 is 36.1 Å². The van der Waals surface area contributed by atoms with Gasteiger partial charge in [-0.2, -0.15) is 0 Å². The zero-order chi connectivity index (χ0) is 26.6. The molecule has 12 heteroatoms. The molecule has 10 nitrogen and oxygen atoms in total. The van der Waals surface area contributed by atoms with Crippen LogP contribution in [0.4, 0.5) is 14.6 Å². The lowest BCUT2D eigenvalue weighted by molar-refractivity contribution is -0.143. The minimum absolute atomic E-state index is 0.0115. The number of alkyl halides is 2. The molecule has 206 valence electrons. The van der Waals surface area contributed by atoms with Gasteiger partial charge in [-0.3, -0.25) is 4.79 Å². The van der Waals surface area contributed by atoms with Gasteiger partial charge in [-0.15, -0.1) is 10.2 Å². The molecule has 0 saturated heterocycles. The lowest BCUT2D eigenvalue weighted by Gasteiger charge is -2.35. The smallest absolute Gasteiger partial charge is 0.326 e. The minimum Gasteiger partial charge on any atom is -0.480 e. The van der Waals surface area contributed by atoms with Crippen molar-refractivity contribution in [3.05, 3.63) is 35.0 Å². The summed E-state index contributed by atoms with van der Waals surface area (Å²) in [6.45, 7) is 1.21. The summed E-state index contributed by atoms with van der Waals surface area (Å²) in [5.41, 5.74) is 2.39. The van der Waals surface area contributed by atoms with E-state index in [0.717, 1.165) is 56.6 Å². The quantitative estimate of drug-likeness (QED) is 0.403. The number of nitrogens with zero attached hydrogens (tertiary/aromatic N) is 4. The zero-order valence-corrected chi connectivity index (χ0v) is 21.2. The summed E-state index contributed by atoms with van der Waals surface area (Å²) in [4.78, 5) is 29.2. The van der Waals surface area contributed by atoms with Crippen LogP contribution in [0.1, 0.15) is 67.9 Å². The molecule has 2 aromatic rings. The molecule has 2 aromatic heterocycles. The van der Waals surface area contributed by atoms with Crippen molar-refractivity contribution in [1.29, 1.82) is 0 Å². The number of anilines is 1. The largest absolute Gasteiger partial charge is 0.480 e. The molecule has 1 saturated carbocycles. The first-order valence-corrected chi connectivity index (χ1v) is 13.4. The molecular weight excluding hydrogens is 498 g/mol. The Kier molecular flexibility index (Phi) is 8.15. The molecule has 0 bridgehead atoms. The number of halogens is 2. The van der Waals surface area contributed by atoms with Gasteiger partial charge in [0.1, 0.15) is 17.7 Å². The fraction of sp³-hybridized carbons (Fsp3) is 0.654. The van der Waals surface area contributed by atoms with Gasteiger partial charge in [-0.1, -0.05) is 6.07 Å². The summed E-state index contributed by atoms with van der Waals surface area (Å²) in [6, 6.07) is 3.20. The average Bonchev–Trinajstić information content (AvgIpc) is 3.32. The van der Waals surface area contributed by atoms with Crippen molar-refractivity contribution in [1.82, 2.24) is 25.1 Å². The molecule has 0 unspecified atom stereocenters. The molecule has 1 amide bonds. The Morgan fingerprint density at radius 2 is 2.08 bits per heavy atom. The number of hydrogen-bond donors (Lipinski definition) is 3. The molecule has 2 aliphatic heterocycles. The molecule has 1 aliphatic carbocycles. The molecule has 0 aromatic carbocycles. The zero-order valence-electron chi connectivity index (χ0n) is 21.2. The maximum atomic E-state index is 13.2. The van der Waals surface area contributed by atoms with E-state index in [-0.39, 0.29) is 25.7 Å². The number of carboxylic acid groups (broad SMARTS) is 1. The molecule has 38 heavy (non-hydrogen) atoms. The Morgan fingerprint density at radius 1 is 1.24 bits per heavy atom. The number of carboxylic acids is 1. The topological polar surface area (TPSA) is 131 Å². The fourth-order valence-corrected chi connectivity index (χ4v) is 5.53. The van der Waals surface area contributed by atoms with Gasteiger partial charge in [0.25, 0.3) is 6.43 Å². The lowest BCUT2D eigenvalue weighted by atomic mass is 9.79. The van der Waals surface area contributed by atoms with Crippen LogP contribution in [-0.2, 0) is 40.1 Å². The van der Waals surface area contributed by atoms with Gasteiger partial charge >= 0.3 is 5.97 Å². The van der Waals surface area contributed by atoms with Gasteiger partial charge in [0.2, 0.25) is 5.91 Å². The van der Waals surface area contributed by atoms with Crippen molar-refractivity contribution in [3.8, 4) is 0 Å². The van der Waals surface area contributed by atoms with Gasteiger partial charge in [-0.25, -0.2) is 18.6 Å². The summed E-state index contributed by atoms with van der Waals surface area (Å²) >= 11 is 0. The van der Waals surface area contributed by atoms with Gasteiger partial charge in [0.05, 0.1) is 12.0 Å². The Balaban J connectivity index is 1.01. The number of nitrogens with one attached hydrogen (secondary N) is 2. The molecular formula is C26H34F2N6O4. The summed E-state index contributed by atoms with van der Waals surface area (Å²) < 4.78 is 33.4. The van der Waals surface area contributed by atoms with Crippen molar-refractivity contribution in [2.45, 2.75) is 82.9 Å². The van der Waals surface area contributed by atoms with Gasteiger partial charge < -0.3 is 25.0 Å². The van der Waals surface area contributed by atoms with E-state index in [9.17, 15) is 23.5 Å². The standard InChI is InChI=1S/C26H34F2N6O4/c27-22(28)24-33-32-21-8-5-17(14-34(21)24)25(35)31-20(26(36)37)9-11-38-19-12-15(13-19)3-6-18-7-4-16-2-1-10-29-23(16)30-18/h4,7,15,17,19-20,22H,1-3,5-6,8-14H2,(H,29,30)(H,31,35)(H,36,37)/t15?,17-,19?,20+/m1/s1. The number of ether oxygens (including phenoxy) is 1. The molecule has 5 rings (SSSR count). The number of aliphatic carboxylic acids is 1. The number of fused-ring (bicyclic) bond motifs is 2. The first-order chi connectivity index (χ1) is 18.4. The van der Waals surface area contributed by atoms with Crippen molar-refractivity contribution >= 4 is 17.7 Å². The SMILES string of the molecule is O=C(N[C@@H](CCOC1CC(CCc2ccc3c(n2)NCCC3)C1)C(=O)O)[C@@H]1CCc2nnc(C(F)F)n2C1. The highest BCUT2D eigenvalue weighted by Crippen LogP contribution is 2.34. The molecule has 3 N–H and O–H groups in total. The number of amides is 1. The van der Waals surface area contributed by atoms with Crippen molar-refractivity contribution in [2.24, 2.45) is 11.8 Å². The van der Waals surface area contributed by atoms with Crippen LogP contribution in [0.5, 0.6) is 0 Å². The molecule has 0 radical (unpaired) electrons. The van der Waals surface area contributed by atoms with Crippen LogP contribution in [0.25, 0.3) is 0 Å². The summed E-state index contributed by atoms with van der Waals surface area (Å²) in [6.07, 6.45) is 4.25. The van der Waals surface area contributed by atoms with E-state index in [1.165, 1.54) is 10.1 Å². The van der Waals surface area contributed by atoms with Gasteiger partial charge in [0, 0.05) is 38.2 Å². The third kappa shape index (κ3) is 6.11. The fourth-order valence-electron chi connectivity index (χ4n) is 5.53. The van der Waals surface area contributed by atoms with Crippen molar-refractivity contribution < 1.29 is 28.2 Å². The Hall–Kier alpha value is -3.15. The minimum atomic E-state index is -2.79. The number of carbonyl (C=O) groups is 2. The maximum absolute atomic E-state index is 13.2. The van der Waals surface area contributed by atoms with Crippen LogP contribution in [0.3, 0.4) is 0 Å². The van der Waals surface area contributed by atoms with Gasteiger partial charge in [0.15, 0.2) is 5.82 Å². The number of carbonyl (C=O) groups excluding carboxylic acids is 1. The van der Waals surface area contributed by atoms with E-state index in [1.807, 2.05) is 0 Å². The number of rotatable bonds is 11. The summed E-state index contributed by atoms with van der Waals surface area (Å²) in [7, 11) is 0. The predicted octanol–water partition coefficient (Wildman–Crippen LogP) is 2.92. The third-order valence-corrected chi connectivity index (χ3v) is 7.87. The Morgan fingerprint density at radius 3 is 2.87 bits per heavy atom. The molecule has 1 fully saturated rings. The molecule has 2 atom stereocenters. The first kappa shape index (κ1) is 26.5. The second kappa shape index (κ2) is 11.7. The second-order valence-corrected chi connectivity index (χ2v) is 10.5. The van der Waals surface area contributed by atoms with Crippen LogP contribution in [0.2, 0.25) is 0 Å². The Labute approximate surface area is 219 Å². The van der Waals surface area contributed by atoms with Crippen LogP contribution >= 0.6 is 0 Å². The highest BCUT2D eigenvalue weighted by Gasteiger charge is 2.33. The van der Waals surface area contributed by atoms with Crippen molar-refractivity contribution in [3.63, 3.8) is 0 Å². The van der Waals surface area contributed by atoms with E-state index in [0.29, 0.717) is 24.6 Å². The molecule has 3 aliphatic rings. The molecule has 4 heterocycles. The highest BCUT2D eigenvalue weighted by atomic mass is 19.3. The number of aryl methyl sites for hydroxylation is 3. The second-order valence-electron chi connectivity index (χ2n) is 10.5. The third-order valence-electron chi connectivity index (χ3n) is 7.87. The number of aromatic nitrogens is 4. The van der Waals surface area contributed by atoms with E-state index in [4.69, 9.17) is 9.72 Å².